The van der Waals surface area contributed by atoms with Gasteiger partial charge in [-0.1, -0.05) is 34.5 Å². The number of carbonyl (C=O) groups excluding carboxylic acids is 1. The highest BCUT2D eigenvalue weighted by Gasteiger charge is 2.25. The van der Waals surface area contributed by atoms with E-state index in [9.17, 15) is 4.79 Å². The lowest BCUT2D eigenvalue weighted by Gasteiger charge is -2.06. The molecule has 3 heteroatoms. The molecule has 0 bridgehead atoms. The van der Waals surface area contributed by atoms with Crippen LogP contribution in [0, 0.1) is 5.92 Å². The predicted molar refractivity (Wildman–Crippen MR) is 54.7 cm³/mol. The minimum Gasteiger partial charge on any atom is -0.293 e. The summed E-state index contributed by atoms with van der Waals surface area (Å²) < 4.78 is 0. The van der Waals surface area contributed by atoms with E-state index in [2.05, 4.69) is 15.9 Å². The maximum absolute atomic E-state index is 11.5. The Balaban J connectivity index is 2.97. The quantitative estimate of drug-likeness (QED) is 0.604. The van der Waals surface area contributed by atoms with Gasteiger partial charge in [-0.2, -0.15) is 0 Å². The van der Waals surface area contributed by atoms with Crippen LogP contribution >= 0.6 is 27.5 Å². The zero-order valence-corrected chi connectivity index (χ0v) is 9.58. The number of carbonyl (C=O) groups is 1. The number of allylic oxidation sites excluding steroid dienone is 2. The Hall–Kier alpha value is 0.180. The van der Waals surface area contributed by atoms with Gasteiger partial charge in [-0.05, 0) is 25.3 Å². The average Bonchev–Trinajstić information content (AvgIpc) is 2.14. The monoisotopic (exact) mass is 250 g/mol. The molecule has 1 aliphatic rings. The maximum Gasteiger partial charge on any atom is 0.176 e. The molecule has 2 atom stereocenters. The van der Waals surface area contributed by atoms with Gasteiger partial charge in [0.25, 0.3) is 0 Å². The van der Waals surface area contributed by atoms with E-state index in [-0.39, 0.29) is 16.5 Å². The van der Waals surface area contributed by atoms with Crippen LogP contribution in [0.5, 0.6) is 0 Å². The molecule has 0 radical (unpaired) electrons. The second-order valence-corrected chi connectivity index (χ2v) is 4.79. The van der Waals surface area contributed by atoms with Crippen molar-refractivity contribution < 1.29 is 4.79 Å². The normalized spacial score (nSPS) is 32.2. The molecule has 1 rings (SSSR count). The van der Waals surface area contributed by atoms with Crippen LogP contribution in [0.15, 0.2) is 10.6 Å². The van der Waals surface area contributed by atoms with E-state index >= 15 is 0 Å². The molecule has 1 nitrogen and oxygen atoms in total. The molecule has 0 heterocycles. The van der Waals surface area contributed by atoms with Gasteiger partial charge >= 0.3 is 0 Å². The number of hydrogen-bond donors (Lipinski definition) is 0. The van der Waals surface area contributed by atoms with Gasteiger partial charge in [0.2, 0.25) is 0 Å². The number of rotatable bonds is 0. The Kier molecular flexibility index (Phi) is 3.36. The summed E-state index contributed by atoms with van der Waals surface area (Å²) >= 11 is 9.42. The van der Waals surface area contributed by atoms with Gasteiger partial charge in [0.05, 0.1) is 5.03 Å². The number of halogens is 2. The van der Waals surface area contributed by atoms with E-state index in [0.29, 0.717) is 5.03 Å². The Morgan fingerprint density at radius 3 is 2.67 bits per heavy atom. The fourth-order valence-corrected chi connectivity index (χ4v) is 2.24. The van der Waals surface area contributed by atoms with Crippen LogP contribution in [0.1, 0.15) is 26.7 Å². The summed E-state index contributed by atoms with van der Waals surface area (Å²) in [5.74, 6) is 0.172. The average molecular weight is 252 g/mol. The van der Waals surface area contributed by atoms with Gasteiger partial charge in [0.15, 0.2) is 5.78 Å². The van der Waals surface area contributed by atoms with Gasteiger partial charge in [-0.15, -0.1) is 0 Å². The maximum atomic E-state index is 11.5. The van der Waals surface area contributed by atoms with E-state index in [1.807, 2.05) is 13.8 Å². The molecule has 0 fully saturated rings. The third-order valence-corrected chi connectivity index (χ3v) is 3.96. The Labute approximate surface area is 86.3 Å². The first kappa shape index (κ1) is 10.3. The predicted octanol–water partition coefficient (Wildman–Crippen LogP) is 3.26. The van der Waals surface area contributed by atoms with E-state index < -0.39 is 0 Å². The summed E-state index contributed by atoms with van der Waals surface area (Å²) in [5, 5.41) is 0.432. The molecule has 0 amide bonds. The summed E-state index contributed by atoms with van der Waals surface area (Å²) in [6, 6.07) is 0. The van der Waals surface area contributed by atoms with Crippen LogP contribution in [0.4, 0.5) is 0 Å². The van der Waals surface area contributed by atoms with Crippen LogP contribution < -0.4 is 0 Å². The highest BCUT2D eigenvalue weighted by Crippen LogP contribution is 2.31. The minimum atomic E-state index is 0.0787. The third-order valence-electron chi connectivity index (χ3n) is 2.33. The van der Waals surface area contributed by atoms with Gasteiger partial charge in [-0.25, -0.2) is 0 Å². The van der Waals surface area contributed by atoms with Crippen molar-refractivity contribution in [2.75, 3.05) is 0 Å². The first-order valence-corrected chi connectivity index (χ1v) is 5.38. The molecule has 0 saturated heterocycles. The topological polar surface area (TPSA) is 17.1 Å². The Morgan fingerprint density at radius 1 is 1.50 bits per heavy atom. The number of hydrogen-bond acceptors (Lipinski definition) is 1. The molecule has 68 valence electrons. The van der Waals surface area contributed by atoms with Crippen LogP contribution in [-0.4, -0.2) is 10.6 Å². The molecule has 0 aromatic rings. The molecular formula is C9H12BrClO. The van der Waals surface area contributed by atoms with Crippen molar-refractivity contribution in [1.29, 1.82) is 0 Å². The first-order chi connectivity index (χ1) is 5.54. The standard InChI is InChI=1S/C9H12BrClO/c1-5-3-4-7(10)6(2)8(11)9(5)12/h5,7H,3-4H2,1-2H3/t5-,7+/m0/s1. The summed E-state index contributed by atoms with van der Waals surface area (Å²) in [6.45, 7) is 3.85. The number of ketones is 1. The molecule has 0 spiro atoms. The summed E-state index contributed by atoms with van der Waals surface area (Å²) in [4.78, 5) is 11.8. The number of Topliss-reactive ketones (excluding diaryl/α,β-unsaturated/α-hetero) is 1. The lowest BCUT2D eigenvalue weighted by atomic mass is 10.0. The fraction of sp³-hybridized carbons (Fsp3) is 0.667. The van der Waals surface area contributed by atoms with Crippen molar-refractivity contribution in [3.63, 3.8) is 0 Å². The summed E-state index contributed by atoms with van der Waals surface area (Å²) in [5.41, 5.74) is 0.978. The molecule has 0 saturated carbocycles. The molecule has 0 unspecified atom stereocenters. The van der Waals surface area contributed by atoms with Gasteiger partial charge in [-0.3, -0.25) is 4.79 Å². The minimum absolute atomic E-state index is 0.0787. The van der Waals surface area contributed by atoms with Crippen molar-refractivity contribution >= 4 is 33.3 Å². The number of alkyl halides is 1. The molecule has 0 aliphatic heterocycles. The van der Waals surface area contributed by atoms with Crippen molar-refractivity contribution in [3.8, 4) is 0 Å². The van der Waals surface area contributed by atoms with E-state index in [4.69, 9.17) is 11.6 Å². The molecular weight excluding hydrogens is 239 g/mol. The highest BCUT2D eigenvalue weighted by molar-refractivity contribution is 9.09. The zero-order chi connectivity index (χ0) is 9.30. The zero-order valence-electron chi connectivity index (χ0n) is 7.23. The molecule has 0 aromatic carbocycles. The summed E-state index contributed by atoms with van der Waals surface area (Å²) in [6.07, 6.45) is 1.91. The molecule has 12 heavy (non-hydrogen) atoms. The smallest absolute Gasteiger partial charge is 0.176 e. The highest BCUT2D eigenvalue weighted by atomic mass is 79.9. The molecule has 0 N–H and O–H groups in total. The Morgan fingerprint density at radius 2 is 2.08 bits per heavy atom. The van der Waals surface area contributed by atoms with Gasteiger partial charge in [0, 0.05) is 10.7 Å². The van der Waals surface area contributed by atoms with E-state index in [1.165, 1.54) is 0 Å². The van der Waals surface area contributed by atoms with Crippen LogP contribution in [0.2, 0.25) is 0 Å². The van der Waals surface area contributed by atoms with Crippen LogP contribution in [0.25, 0.3) is 0 Å². The fourth-order valence-electron chi connectivity index (χ4n) is 1.29. The van der Waals surface area contributed by atoms with Crippen LogP contribution in [-0.2, 0) is 4.79 Å². The van der Waals surface area contributed by atoms with Gasteiger partial charge < -0.3 is 0 Å². The second kappa shape index (κ2) is 3.93. The van der Waals surface area contributed by atoms with Crippen molar-refractivity contribution in [1.82, 2.24) is 0 Å². The van der Waals surface area contributed by atoms with Crippen LogP contribution in [0.3, 0.4) is 0 Å². The van der Waals surface area contributed by atoms with Crippen molar-refractivity contribution in [2.24, 2.45) is 5.92 Å². The van der Waals surface area contributed by atoms with Crippen molar-refractivity contribution in [2.45, 2.75) is 31.5 Å². The van der Waals surface area contributed by atoms with E-state index in [0.717, 1.165) is 18.4 Å². The molecule has 1 aliphatic carbocycles. The Bertz CT molecular complexity index is 235. The first-order valence-electron chi connectivity index (χ1n) is 4.08. The molecule has 0 aromatic heterocycles. The lowest BCUT2D eigenvalue weighted by molar-refractivity contribution is -0.118. The van der Waals surface area contributed by atoms with E-state index in [1.54, 1.807) is 0 Å². The van der Waals surface area contributed by atoms with Gasteiger partial charge in [0.1, 0.15) is 0 Å². The summed E-state index contributed by atoms with van der Waals surface area (Å²) in [7, 11) is 0. The lowest BCUT2D eigenvalue weighted by Crippen LogP contribution is -2.09. The van der Waals surface area contributed by atoms with Crippen molar-refractivity contribution in [3.05, 3.63) is 10.6 Å². The largest absolute Gasteiger partial charge is 0.293 e. The second-order valence-electron chi connectivity index (χ2n) is 3.31. The third kappa shape index (κ3) is 1.91. The SMILES string of the molecule is CC1=C(Cl)C(=O)[C@@H](C)CC[C@H]1Br.